The first kappa shape index (κ1) is 16.8. The Bertz CT molecular complexity index is 755. The van der Waals surface area contributed by atoms with Crippen molar-refractivity contribution in [2.75, 3.05) is 5.32 Å². The van der Waals surface area contributed by atoms with E-state index in [1.807, 2.05) is 43.3 Å². The predicted octanol–water partition coefficient (Wildman–Crippen LogP) is 3.76. The van der Waals surface area contributed by atoms with Crippen LogP contribution in [-0.4, -0.2) is 11.8 Å². The molecule has 0 saturated carbocycles. The molecule has 2 rings (SSSR count). The highest BCUT2D eigenvalue weighted by Crippen LogP contribution is 2.20. The van der Waals surface area contributed by atoms with Gasteiger partial charge in [0, 0.05) is 17.6 Å². The zero-order valence-corrected chi connectivity index (χ0v) is 13.6. The Morgan fingerprint density at radius 2 is 1.78 bits per heavy atom. The van der Waals surface area contributed by atoms with Crippen molar-refractivity contribution in [1.82, 2.24) is 5.32 Å². The van der Waals surface area contributed by atoms with Gasteiger partial charge >= 0.3 is 0 Å². The number of nitrogens with one attached hydrogen (secondary N) is 2. The molecule has 4 nitrogen and oxygen atoms in total. The predicted molar refractivity (Wildman–Crippen MR) is 93.1 cm³/mol. The van der Waals surface area contributed by atoms with E-state index in [1.165, 1.54) is 6.92 Å². The lowest BCUT2D eigenvalue weighted by atomic mass is 10.2. The average molecular weight is 329 g/mol. The molecule has 0 fully saturated rings. The summed E-state index contributed by atoms with van der Waals surface area (Å²) in [6.07, 6.45) is 1.62. The molecule has 0 radical (unpaired) electrons. The number of aryl methyl sites for hydroxylation is 1. The van der Waals surface area contributed by atoms with Gasteiger partial charge in [-0.05, 0) is 36.3 Å². The smallest absolute Gasteiger partial charge is 0.272 e. The second-order valence-electron chi connectivity index (χ2n) is 5.07. The highest BCUT2D eigenvalue weighted by Gasteiger charge is 2.12. The van der Waals surface area contributed by atoms with Gasteiger partial charge < -0.3 is 10.6 Å². The molecule has 2 amide bonds. The van der Waals surface area contributed by atoms with Crippen LogP contribution in [0.1, 0.15) is 18.1 Å². The SMILES string of the molecule is CC(=O)N/C(=C/c1ccccc1)C(=O)Nc1ccc(C)c(Cl)c1. The first-order chi connectivity index (χ1) is 11.0. The second kappa shape index (κ2) is 7.61. The Morgan fingerprint density at radius 3 is 2.39 bits per heavy atom. The number of benzene rings is 2. The van der Waals surface area contributed by atoms with Crippen LogP contribution in [0, 0.1) is 6.92 Å². The molecular weight excluding hydrogens is 312 g/mol. The fraction of sp³-hybridized carbons (Fsp3) is 0.111. The highest BCUT2D eigenvalue weighted by molar-refractivity contribution is 6.31. The normalized spacial score (nSPS) is 11.0. The number of halogens is 1. The molecule has 0 aliphatic heterocycles. The summed E-state index contributed by atoms with van der Waals surface area (Å²) in [7, 11) is 0. The third-order valence-electron chi connectivity index (χ3n) is 3.10. The first-order valence-corrected chi connectivity index (χ1v) is 7.45. The van der Waals surface area contributed by atoms with E-state index in [9.17, 15) is 9.59 Å². The van der Waals surface area contributed by atoms with E-state index in [2.05, 4.69) is 10.6 Å². The minimum absolute atomic E-state index is 0.167. The largest absolute Gasteiger partial charge is 0.322 e. The summed E-state index contributed by atoms with van der Waals surface area (Å²) in [5.74, 6) is -0.728. The van der Waals surface area contributed by atoms with Gasteiger partial charge in [-0.15, -0.1) is 0 Å². The van der Waals surface area contributed by atoms with Crippen LogP contribution in [0.5, 0.6) is 0 Å². The topological polar surface area (TPSA) is 58.2 Å². The number of anilines is 1. The maximum Gasteiger partial charge on any atom is 0.272 e. The Labute approximate surface area is 140 Å². The monoisotopic (exact) mass is 328 g/mol. The van der Waals surface area contributed by atoms with Crippen LogP contribution in [0.25, 0.3) is 6.08 Å². The fourth-order valence-corrected chi connectivity index (χ4v) is 2.11. The minimum Gasteiger partial charge on any atom is -0.322 e. The number of amides is 2. The fourth-order valence-electron chi connectivity index (χ4n) is 1.93. The molecular formula is C18H17ClN2O2. The van der Waals surface area contributed by atoms with Crippen LogP contribution in [0.15, 0.2) is 54.2 Å². The van der Waals surface area contributed by atoms with Crippen molar-refractivity contribution < 1.29 is 9.59 Å². The molecule has 2 N–H and O–H groups in total. The van der Waals surface area contributed by atoms with Gasteiger partial charge in [-0.25, -0.2) is 0 Å². The number of carbonyl (C=O) groups excluding carboxylic acids is 2. The molecule has 0 spiro atoms. The van der Waals surface area contributed by atoms with Crippen LogP contribution in [0.3, 0.4) is 0 Å². The summed E-state index contributed by atoms with van der Waals surface area (Å²) in [6, 6.07) is 14.5. The highest BCUT2D eigenvalue weighted by atomic mass is 35.5. The maximum absolute atomic E-state index is 12.4. The lowest BCUT2D eigenvalue weighted by molar-refractivity contribution is -0.120. The van der Waals surface area contributed by atoms with Crippen molar-refractivity contribution in [1.29, 1.82) is 0 Å². The summed E-state index contributed by atoms with van der Waals surface area (Å²) < 4.78 is 0. The molecule has 118 valence electrons. The van der Waals surface area contributed by atoms with Crippen molar-refractivity contribution in [2.24, 2.45) is 0 Å². The zero-order chi connectivity index (χ0) is 16.8. The lowest BCUT2D eigenvalue weighted by Gasteiger charge is -2.10. The van der Waals surface area contributed by atoms with E-state index >= 15 is 0 Å². The van der Waals surface area contributed by atoms with Gasteiger partial charge in [0.1, 0.15) is 5.70 Å². The molecule has 5 heteroatoms. The molecule has 0 aliphatic rings. The van der Waals surface area contributed by atoms with Crippen molar-refractivity contribution in [2.45, 2.75) is 13.8 Å². The molecule has 0 saturated heterocycles. The Kier molecular flexibility index (Phi) is 5.55. The first-order valence-electron chi connectivity index (χ1n) is 7.07. The molecule has 2 aromatic rings. The second-order valence-corrected chi connectivity index (χ2v) is 5.48. The van der Waals surface area contributed by atoms with E-state index in [0.29, 0.717) is 10.7 Å². The quantitative estimate of drug-likeness (QED) is 0.839. The van der Waals surface area contributed by atoms with Crippen molar-refractivity contribution >= 4 is 35.2 Å². The third kappa shape index (κ3) is 4.97. The van der Waals surface area contributed by atoms with E-state index < -0.39 is 5.91 Å². The van der Waals surface area contributed by atoms with Gasteiger partial charge in [-0.1, -0.05) is 48.0 Å². The van der Waals surface area contributed by atoms with Crippen LogP contribution >= 0.6 is 11.6 Å². The number of hydrogen-bond acceptors (Lipinski definition) is 2. The van der Waals surface area contributed by atoms with Crippen LogP contribution in [0.2, 0.25) is 5.02 Å². The molecule has 0 heterocycles. The van der Waals surface area contributed by atoms with Gasteiger partial charge in [0.2, 0.25) is 5.91 Å². The van der Waals surface area contributed by atoms with E-state index in [-0.39, 0.29) is 11.6 Å². The van der Waals surface area contributed by atoms with Gasteiger partial charge in [-0.3, -0.25) is 9.59 Å². The Hall–Kier alpha value is -2.59. The van der Waals surface area contributed by atoms with Gasteiger partial charge in [0.15, 0.2) is 0 Å². The minimum atomic E-state index is -0.413. The van der Waals surface area contributed by atoms with Gasteiger partial charge in [-0.2, -0.15) is 0 Å². The molecule has 0 atom stereocenters. The Balaban J connectivity index is 2.24. The van der Waals surface area contributed by atoms with Gasteiger partial charge in [0.05, 0.1) is 0 Å². The molecule has 0 aliphatic carbocycles. The lowest BCUT2D eigenvalue weighted by Crippen LogP contribution is -2.28. The van der Waals surface area contributed by atoms with Crippen molar-refractivity contribution in [3.63, 3.8) is 0 Å². The van der Waals surface area contributed by atoms with Crippen LogP contribution in [0.4, 0.5) is 5.69 Å². The van der Waals surface area contributed by atoms with E-state index in [4.69, 9.17) is 11.6 Å². The number of rotatable bonds is 4. The molecule has 2 aromatic carbocycles. The van der Waals surface area contributed by atoms with E-state index in [0.717, 1.165) is 11.1 Å². The number of hydrogen-bond donors (Lipinski definition) is 2. The summed E-state index contributed by atoms with van der Waals surface area (Å²) in [4.78, 5) is 23.8. The maximum atomic E-state index is 12.4. The van der Waals surface area contributed by atoms with Gasteiger partial charge in [0.25, 0.3) is 5.91 Å². The molecule has 0 unspecified atom stereocenters. The molecule has 23 heavy (non-hydrogen) atoms. The molecule has 0 bridgehead atoms. The summed E-state index contributed by atoms with van der Waals surface area (Å²) in [6.45, 7) is 3.24. The average Bonchev–Trinajstić information content (AvgIpc) is 2.51. The number of carbonyl (C=O) groups is 2. The molecule has 0 aromatic heterocycles. The van der Waals surface area contributed by atoms with Crippen LogP contribution < -0.4 is 10.6 Å². The standard InChI is InChI=1S/C18H17ClN2O2/c1-12-8-9-15(11-16(12)19)21-18(23)17(20-13(2)22)10-14-6-4-3-5-7-14/h3-11H,1-2H3,(H,20,22)(H,21,23)/b17-10+. The zero-order valence-electron chi connectivity index (χ0n) is 12.9. The van der Waals surface area contributed by atoms with Crippen LogP contribution in [-0.2, 0) is 9.59 Å². The Morgan fingerprint density at radius 1 is 1.09 bits per heavy atom. The van der Waals surface area contributed by atoms with Crippen molar-refractivity contribution in [3.05, 3.63) is 70.4 Å². The van der Waals surface area contributed by atoms with E-state index in [1.54, 1.807) is 18.2 Å². The van der Waals surface area contributed by atoms with Crippen molar-refractivity contribution in [3.8, 4) is 0 Å². The summed E-state index contributed by atoms with van der Waals surface area (Å²) in [5.41, 5.74) is 2.47. The summed E-state index contributed by atoms with van der Waals surface area (Å²) >= 11 is 6.06. The third-order valence-corrected chi connectivity index (χ3v) is 3.50. The summed E-state index contributed by atoms with van der Waals surface area (Å²) in [5, 5.41) is 5.85.